The zero-order valence-electron chi connectivity index (χ0n) is 13.5. The van der Waals surface area contributed by atoms with Crippen molar-refractivity contribution in [3.63, 3.8) is 0 Å². The second-order valence-corrected chi connectivity index (χ2v) is 5.73. The molecule has 1 heterocycles. The molecule has 2 amide bonds. The van der Waals surface area contributed by atoms with E-state index in [9.17, 15) is 19.5 Å². The highest BCUT2D eigenvalue weighted by Crippen LogP contribution is 2.30. The summed E-state index contributed by atoms with van der Waals surface area (Å²) in [4.78, 5) is 37.4. The van der Waals surface area contributed by atoms with Crippen LogP contribution in [0.5, 0.6) is 5.75 Å². The number of anilines is 2. The minimum atomic E-state index is -0.690. The molecular weight excluding hydrogens is 360 g/mol. The Morgan fingerprint density at radius 1 is 1.12 bits per heavy atom. The van der Waals surface area contributed by atoms with Crippen LogP contribution in [0.25, 0.3) is 0 Å². The van der Waals surface area contributed by atoms with Crippen LogP contribution in [0.1, 0.15) is 10.4 Å². The molecule has 0 bridgehead atoms. The van der Waals surface area contributed by atoms with Gasteiger partial charge in [-0.25, -0.2) is 9.69 Å². The summed E-state index contributed by atoms with van der Waals surface area (Å²) in [5, 5.41) is 12.0. The van der Waals surface area contributed by atoms with Gasteiger partial charge in [-0.3, -0.25) is 9.59 Å². The van der Waals surface area contributed by atoms with Gasteiger partial charge in [-0.15, -0.1) is 0 Å². The van der Waals surface area contributed by atoms with Gasteiger partial charge >= 0.3 is 5.97 Å². The lowest BCUT2D eigenvalue weighted by molar-refractivity contribution is -0.120. The summed E-state index contributed by atoms with van der Waals surface area (Å²) >= 11 is 6.03. The molecule has 1 aliphatic heterocycles. The molecule has 2 aromatic carbocycles. The number of halogens is 1. The highest BCUT2D eigenvalue weighted by molar-refractivity contribution is 6.53. The van der Waals surface area contributed by atoms with Gasteiger partial charge in [0.05, 0.1) is 18.4 Å². The third kappa shape index (κ3) is 3.12. The predicted molar refractivity (Wildman–Crippen MR) is 94.9 cm³/mol. The van der Waals surface area contributed by atoms with Gasteiger partial charge in [-0.2, -0.15) is 0 Å². The van der Waals surface area contributed by atoms with Gasteiger partial charge in [0.1, 0.15) is 16.5 Å². The van der Waals surface area contributed by atoms with Gasteiger partial charge < -0.3 is 15.2 Å². The van der Waals surface area contributed by atoms with Crippen molar-refractivity contribution in [2.45, 2.75) is 0 Å². The van der Waals surface area contributed by atoms with Crippen molar-refractivity contribution in [1.29, 1.82) is 0 Å². The average molecular weight is 373 g/mol. The zero-order valence-corrected chi connectivity index (χ0v) is 14.3. The van der Waals surface area contributed by atoms with Crippen molar-refractivity contribution in [2.75, 3.05) is 17.3 Å². The molecule has 8 heteroatoms. The van der Waals surface area contributed by atoms with Crippen LogP contribution in [0, 0.1) is 0 Å². The number of carbonyl (C=O) groups is 3. The summed E-state index contributed by atoms with van der Waals surface area (Å²) in [6, 6.07) is 11.8. The number of esters is 1. The van der Waals surface area contributed by atoms with Crippen molar-refractivity contribution in [2.24, 2.45) is 0 Å². The van der Waals surface area contributed by atoms with E-state index >= 15 is 0 Å². The maximum atomic E-state index is 12.6. The Labute approximate surface area is 153 Å². The quantitative estimate of drug-likeness (QED) is 0.632. The standard InChI is InChI=1S/C18H13ClN2O5/c1-26-18(25)10-5-7-12(8-6-10)21-16(23)14(19)15(17(21)24)20-11-3-2-4-13(22)9-11/h2-9,20,22H,1H3. The van der Waals surface area contributed by atoms with Crippen LogP contribution in [0.15, 0.2) is 59.3 Å². The molecule has 7 nitrogen and oxygen atoms in total. The lowest BCUT2D eigenvalue weighted by Crippen LogP contribution is -2.32. The van der Waals surface area contributed by atoms with Crippen molar-refractivity contribution in [1.82, 2.24) is 0 Å². The number of nitrogens with zero attached hydrogens (tertiary/aromatic N) is 1. The number of amides is 2. The smallest absolute Gasteiger partial charge is 0.337 e. The topological polar surface area (TPSA) is 95.9 Å². The van der Waals surface area contributed by atoms with Crippen LogP contribution in [0.4, 0.5) is 11.4 Å². The van der Waals surface area contributed by atoms with Crippen LogP contribution in [-0.4, -0.2) is 30.0 Å². The first kappa shape index (κ1) is 17.5. The number of aromatic hydroxyl groups is 1. The number of nitrogens with one attached hydrogen (secondary N) is 1. The van der Waals surface area contributed by atoms with E-state index in [1.807, 2.05) is 0 Å². The van der Waals surface area contributed by atoms with Gasteiger partial charge in [0.25, 0.3) is 11.8 Å². The normalized spacial score (nSPS) is 14.0. The van der Waals surface area contributed by atoms with E-state index in [1.54, 1.807) is 12.1 Å². The molecule has 0 saturated heterocycles. The van der Waals surface area contributed by atoms with Gasteiger partial charge in [0, 0.05) is 11.8 Å². The first-order valence-electron chi connectivity index (χ1n) is 7.45. The van der Waals surface area contributed by atoms with Crippen molar-refractivity contribution >= 4 is 40.8 Å². The van der Waals surface area contributed by atoms with Crippen LogP contribution in [0.2, 0.25) is 0 Å². The SMILES string of the molecule is COC(=O)c1ccc(N2C(=O)C(Cl)=C(Nc3cccc(O)c3)C2=O)cc1. The molecule has 132 valence electrons. The molecule has 26 heavy (non-hydrogen) atoms. The number of hydrogen-bond acceptors (Lipinski definition) is 6. The summed E-state index contributed by atoms with van der Waals surface area (Å²) in [6.45, 7) is 0. The number of phenols is 1. The molecule has 0 atom stereocenters. The average Bonchev–Trinajstić information content (AvgIpc) is 2.85. The second kappa shape index (κ2) is 6.89. The molecule has 2 N–H and O–H groups in total. The van der Waals surface area contributed by atoms with Crippen molar-refractivity contribution in [3.8, 4) is 5.75 Å². The lowest BCUT2D eigenvalue weighted by atomic mass is 10.2. The van der Waals surface area contributed by atoms with E-state index < -0.39 is 17.8 Å². The minimum Gasteiger partial charge on any atom is -0.508 e. The Kier molecular flexibility index (Phi) is 4.64. The summed E-state index contributed by atoms with van der Waals surface area (Å²) in [7, 11) is 1.26. The lowest BCUT2D eigenvalue weighted by Gasteiger charge is -2.15. The van der Waals surface area contributed by atoms with Crippen LogP contribution in [-0.2, 0) is 14.3 Å². The first-order valence-corrected chi connectivity index (χ1v) is 7.83. The number of benzene rings is 2. The second-order valence-electron chi connectivity index (χ2n) is 5.35. The number of carbonyl (C=O) groups excluding carboxylic acids is 3. The fourth-order valence-electron chi connectivity index (χ4n) is 2.44. The molecule has 2 aromatic rings. The minimum absolute atomic E-state index is 0.00116. The van der Waals surface area contributed by atoms with E-state index in [2.05, 4.69) is 10.1 Å². The number of phenolic OH excluding ortho intramolecular Hbond substituents is 1. The number of rotatable bonds is 4. The monoisotopic (exact) mass is 372 g/mol. The summed E-state index contributed by atoms with van der Waals surface area (Å²) in [5.41, 5.74) is 0.854. The van der Waals surface area contributed by atoms with Crippen LogP contribution in [0.3, 0.4) is 0 Å². The molecule has 0 saturated carbocycles. The van der Waals surface area contributed by atoms with Gasteiger partial charge in [0.15, 0.2) is 0 Å². The molecule has 0 spiro atoms. The summed E-state index contributed by atoms with van der Waals surface area (Å²) in [5.74, 6) is -1.86. The van der Waals surface area contributed by atoms with E-state index in [0.29, 0.717) is 5.69 Å². The Morgan fingerprint density at radius 2 is 1.81 bits per heavy atom. The summed E-state index contributed by atoms with van der Waals surface area (Å²) < 4.78 is 4.61. The van der Waals surface area contributed by atoms with E-state index in [0.717, 1.165) is 4.90 Å². The highest BCUT2D eigenvalue weighted by Gasteiger charge is 2.39. The maximum absolute atomic E-state index is 12.6. The predicted octanol–water partition coefficient (Wildman–Crippen LogP) is 2.61. The number of imide groups is 1. The number of hydrogen-bond donors (Lipinski definition) is 2. The molecule has 0 aliphatic carbocycles. The van der Waals surface area contributed by atoms with E-state index in [1.165, 1.54) is 43.5 Å². The summed E-state index contributed by atoms with van der Waals surface area (Å²) in [6.07, 6.45) is 0. The molecule has 0 fully saturated rings. The Morgan fingerprint density at radius 3 is 2.42 bits per heavy atom. The van der Waals surface area contributed by atoms with E-state index in [-0.39, 0.29) is 27.7 Å². The first-order chi connectivity index (χ1) is 12.4. The highest BCUT2D eigenvalue weighted by atomic mass is 35.5. The van der Waals surface area contributed by atoms with Crippen LogP contribution < -0.4 is 10.2 Å². The molecule has 0 aromatic heterocycles. The molecule has 3 rings (SSSR count). The molecule has 0 radical (unpaired) electrons. The van der Waals surface area contributed by atoms with Crippen LogP contribution >= 0.6 is 11.6 Å². The Hall–Kier alpha value is -3.32. The molecule has 1 aliphatic rings. The largest absolute Gasteiger partial charge is 0.508 e. The Bertz CT molecular complexity index is 937. The zero-order chi connectivity index (χ0) is 18.8. The third-order valence-electron chi connectivity index (χ3n) is 3.69. The van der Waals surface area contributed by atoms with Crippen molar-refractivity contribution in [3.05, 3.63) is 64.8 Å². The Balaban J connectivity index is 1.87. The fourth-order valence-corrected chi connectivity index (χ4v) is 2.65. The number of ether oxygens (including phenoxy) is 1. The molecular formula is C18H13ClN2O5. The van der Waals surface area contributed by atoms with Gasteiger partial charge in [-0.1, -0.05) is 17.7 Å². The molecule has 0 unspecified atom stereocenters. The van der Waals surface area contributed by atoms with Gasteiger partial charge in [-0.05, 0) is 36.4 Å². The van der Waals surface area contributed by atoms with Crippen molar-refractivity contribution < 1.29 is 24.2 Å². The van der Waals surface area contributed by atoms with Gasteiger partial charge in [0.2, 0.25) is 0 Å². The maximum Gasteiger partial charge on any atom is 0.337 e. The van der Waals surface area contributed by atoms with E-state index in [4.69, 9.17) is 11.6 Å². The third-order valence-corrected chi connectivity index (χ3v) is 4.04. The number of methoxy groups -OCH3 is 1. The fraction of sp³-hybridized carbons (Fsp3) is 0.0556.